The number of nitrogens with zero attached hydrogens (tertiary/aromatic N) is 4. The Hall–Kier alpha value is -1.96. The Morgan fingerprint density at radius 2 is 2.12 bits per heavy atom. The van der Waals surface area contributed by atoms with Crippen LogP contribution in [0.25, 0.3) is 0 Å². The Labute approximate surface area is 97.8 Å². The van der Waals surface area contributed by atoms with Gasteiger partial charge >= 0.3 is 6.01 Å². The van der Waals surface area contributed by atoms with Crippen LogP contribution in [0.15, 0.2) is 8.94 Å². The fourth-order valence-electron chi connectivity index (χ4n) is 1.20. The van der Waals surface area contributed by atoms with Gasteiger partial charge in [-0.3, -0.25) is 0 Å². The predicted octanol–water partition coefficient (Wildman–Crippen LogP) is 0.483. The van der Waals surface area contributed by atoms with Gasteiger partial charge in [0.25, 0.3) is 0 Å². The summed E-state index contributed by atoms with van der Waals surface area (Å²) < 4.78 is 10.2. The Morgan fingerprint density at radius 1 is 1.24 bits per heavy atom. The van der Waals surface area contributed by atoms with Crippen LogP contribution in [0.4, 0.5) is 6.01 Å². The van der Waals surface area contributed by atoms with Gasteiger partial charge in [0.1, 0.15) is 0 Å². The van der Waals surface area contributed by atoms with Crippen molar-refractivity contribution >= 4 is 6.01 Å². The summed E-state index contributed by atoms with van der Waals surface area (Å²) in [6.45, 7) is 5.55. The maximum atomic E-state index is 5.33. The molecule has 8 heteroatoms. The number of hydrogen-bond donors (Lipinski definition) is 2. The summed E-state index contributed by atoms with van der Waals surface area (Å²) in [6.07, 6.45) is 0. The number of anilines is 1. The number of nitrogens with one attached hydrogen (secondary N) is 2. The van der Waals surface area contributed by atoms with Crippen molar-refractivity contribution in [1.29, 1.82) is 0 Å². The lowest BCUT2D eigenvalue weighted by atomic mass is 10.6. The van der Waals surface area contributed by atoms with Gasteiger partial charge in [-0.2, -0.15) is 4.98 Å². The molecule has 0 aliphatic heterocycles. The van der Waals surface area contributed by atoms with Gasteiger partial charge in [0.15, 0.2) is 5.82 Å². The van der Waals surface area contributed by atoms with Crippen molar-refractivity contribution in [3.05, 3.63) is 17.6 Å². The van der Waals surface area contributed by atoms with E-state index in [1.807, 2.05) is 6.92 Å². The molecule has 0 atom stereocenters. The highest BCUT2D eigenvalue weighted by Gasteiger charge is 2.07. The van der Waals surface area contributed by atoms with Crippen molar-refractivity contribution in [2.75, 3.05) is 11.9 Å². The van der Waals surface area contributed by atoms with Crippen LogP contribution >= 0.6 is 0 Å². The van der Waals surface area contributed by atoms with Crippen LogP contribution in [0.3, 0.4) is 0 Å². The van der Waals surface area contributed by atoms with Crippen molar-refractivity contribution in [2.45, 2.75) is 26.9 Å². The van der Waals surface area contributed by atoms with Crippen LogP contribution in [-0.2, 0) is 13.1 Å². The largest absolute Gasteiger partial charge is 0.407 e. The number of aromatic nitrogens is 4. The summed E-state index contributed by atoms with van der Waals surface area (Å²) in [5.41, 5.74) is 0. The highest BCUT2D eigenvalue weighted by molar-refractivity contribution is 5.17. The summed E-state index contributed by atoms with van der Waals surface area (Å²) in [5, 5.41) is 17.4. The average Bonchev–Trinajstić information content (AvgIpc) is 2.93. The van der Waals surface area contributed by atoms with Crippen LogP contribution in [0.2, 0.25) is 0 Å². The lowest BCUT2D eigenvalue weighted by Gasteiger charge is -1.95. The Bertz CT molecular complexity index is 466. The summed E-state index contributed by atoms with van der Waals surface area (Å²) in [6, 6.07) is 0.348. The van der Waals surface area contributed by atoms with Crippen LogP contribution in [-0.4, -0.2) is 26.9 Å². The molecule has 0 bridgehead atoms. The first-order chi connectivity index (χ1) is 8.28. The van der Waals surface area contributed by atoms with Gasteiger partial charge in [-0.1, -0.05) is 17.2 Å². The second-order valence-electron chi connectivity index (χ2n) is 3.36. The molecular formula is C9H14N6O2. The average molecular weight is 238 g/mol. The molecule has 0 aliphatic rings. The fraction of sp³-hybridized carbons (Fsp3) is 0.556. The molecule has 0 amide bonds. The quantitative estimate of drug-likeness (QED) is 0.749. The molecule has 0 radical (unpaired) electrons. The van der Waals surface area contributed by atoms with Gasteiger partial charge in [-0.15, -0.1) is 5.10 Å². The first-order valence-electron chi connectivity index (χ1n) is 5.34. The van der Waals surface area contributed by atoms with E-state index in [0.717, 1.165) is 6.54 Å². The summed E-state index contributed by atoms with van der Waals surface area (Å²) >= 11 is 0. The van der Waals surface area contributed by atoms with E-state index in [0.29, 0.717) is 36.7 Å². The number of hydrogen-bond acceptors (Lipinski definition) is 8. The van der Waals surface area contributed by atoms with Crippen LogP contribution < -0.4 is 10.6 Å². The molecule has 0 fully saturated rings. The number of aryl methyl sites for hydroxylation is 1. The molecule has 8 nitrogen and oxygen atoms in total. The molecule has 0 saturated heterocycles. The number of rotatable bonds is 6. The monoisotopic (exact) mass is 238 g/mol. The topological polar surface area (TPSA) is 102 Å². The van der Waals surface area contributed by atoms with Gasteiger partial charge in [-0.05, 0) is 6.54 Å². The second kappa shape index (κ2) is 5.39. The van der Waals surface area contributed by atoms with Crippen LogP contribution in [0.5, 0.6) is 0 Å². The molecule has 2 heterocycles. The van der Waals surface area contributed by atoms with Crippen LogP contribution in [0.1, 0.15) is 24.5 Å². The van der Waals surface area contributed by atoms with Crippen molar-refractivity contribution in [2.24, 2.45) is 0 Å². The molecule has 0 saturated carbocycles. The smallest absolute Gasteiger partial charge is 0.315 e. The van der Waals surface area contributed by atoms with E-state index in [-0.39, 0.29) is 0 Å². The highest BCUT2D eigenvalue weighted by atomic mass is 16.5. The lowest BCUT2D eigenvalue weighted by Crippen LogP contribution is -2.11. The molecule has 17 heavy (non-hydrogen) atoms. The zero-order valence-corrected chi connectivity index (χ0v) is 9.73. The van der Waals surface area contributed by atoms with Crippen molar-refractivity contribution in [3.8, 4) is 0 Å². The molecule has 0 aliphatic carbocycles. The Kier molecular flexibility index (Phi) is 3.66. The zero-order valence-electron chi connectivity index (χ0n) is 9.73. The molecule has 2 rings (SSSR count). The molecule has 2 N–H and O–H groups in total. The molecule has 0 unspecified atom stereocenters. The van der Waals surface area contributed by atoms with E-state index in [2.05, 4.69) is 31.0 Å². The maximum Gasteiger partial charge on any atom is 0.315 e. The molecule has 0 aromatic carbocycles. The summed E-state index contributed by atoms with van der Waals surface area (Å²) in [7, 11) is 0. The first-order valence-corrected chi connectivity index (χ1v) is 5.34. The van der Waals surface area contributed by atoms with E-state index >= 15 is 0 Å². The third-order valence-electron chi connectivity index (χ3n) is 1.96. The van der Waals surface area contributed by atoms with Gasteiger partial charge in [-0.25, -0.2) is 0 Å². The molecule has 2 aromatic heterocycles. The minimum Gasteiger partial charge on any atom is -0.407 e. The SMILES string of the molecule is CCNCc1nnc(NCc2noc(C)n2)o1. The Morgan fingerprint density at radius 3 is 2.82 bits per heavy atom. The summed E-state index contributed by atoms with van der Waals surface area (Å²) in [4.78, 5) is 4.04. The van der Waals surface area contributed by atoms with E-state index in [4.69, 9.17) is 8.94 Å². The normalized spacial score (nSPS) is 10.7. The van der Waals surface area contributed by atoms with Gasteiger partial charge in [0.05, 0.1) is 13.1 Å². The molecule has 2 aromatic rings. The van der Waals surface area contributed by atoms with Crippen LogP contribution in [0, 0.1) is 6.92 Å². The van der Waals surface area contributed by atoms with E-state index in [9.17, 15) is 0 Å². The second-order valence-corrected chi connectivity index (χ2v) is 3.36. The fourth-order valence-corrected chi connectivity index (χ4v) is 1.20. The zero-order chi connectivity index (χ0) is 12.1. The van der Waals surface area contributed by atoms with Crippen molar-refractivity contribution in [3.63, 3.8) is 0 Å². The van der Waals surface area contributed by atoms with Gasteiger partial charge < -0.3 is 19.6 Å². The minimum atomic E-state index is 0.348. The van der Waals surface area contributed by atoms with E-state index in [1.165, 1.54) is 0 Å². The lowest BCUT2D eigenvalue weighted by molar-refractivity contribution is 0.388. The summed E-state index contributed by atoms with van der Waals surface area (Å²) in [5.74, 6) is 1.62. The van der Waals surface area contributed by atoms with E-state index < -0.39 is 0 Å². The molecule has 0 spiro atoms. The standard InChI is InChI=1S/C9H14N6O2/c1-3-10-5-8-13-14-9(16-8)11-4-7-12-6(2)17-15-7/h10H,3-5H2,1-2H3,(H,11,14). The van der Waals surface area contributed by atoms with Crippen molar-refractivity contribution in [1.82, 2.24) is 25.7 Å². The molecular weight excluding hydrogens is 224 g/mol. The third kappa shape index (κ3) is 3.25. The third-order valence-corrected chi connectivity index (χ3v) is 1.96. The molecule has 92 valence electrons. The van der Waals surface area contributed by atoms with E-state index in [1.54, 1.807) is 6.92 Å². The minimum absolute atomic E-state index is 0.348. The van der Waals surface area contributed by atoms with Crippen molar-refractivity contribution < 1.29 is 8.94 Å². The predicted molar refractivity (Wildman–Crippen MR) is 58.0 cm³/mol. The van der Waals surface area contributed by atoms with Gasteiger partial charge in [0.2, 0.25) is 11.8 Å². The Balaban J connectivity index is 1.84. The maximum absolute atomic E-state index is 5.33. The highest BCUT2D eigenvalue weighted by Crippen LogP contribution is 2.06. The first kappa shape index (κ1) is 11.5. The van der Waals surface area contributed by atoms with Gasteiger partial charge in [0, 0.05) is 6.92 Å².